The molecule has 162 valence electrons. The third-order valence-corrected chi connectivity index (χ3v) is 6.65. The first-order valence-electron chi connectivity index (χ1n) is 9.75. The lowest BCUT2D eigenvalue weighted by molar-refractivity contribution is -0.0910. The number of hydrogen-bond acceptors (Lipinski definition) is 7. The van der Waals surface area contributed by atoms with Gasteiger partial charge in [0, 0.05) is 6.42 Å². The molecule has 2 aromatic carbocycles. The minimum Gasteiger partial charge on any atom is -0.478 e. The molecule has 7 nitrogen and oxygen atoms in total. The van der Waals surface area contributed by atoms with Crippen molar-refractivity contribution in [2.24, 2.45) is 0 Å². The van der Waals surface area contributed by atoms with Gasteiger partial charge in [-0.2, -0.15) is 0 Å². The summed E-state index contributed by atoms with van der Waals surface area (Å²) < 4.78 is 5.94. The molecular formula is C22H26O7S. The number of aryl methyl sites for hydroxylation is 1. The Bertz CT molecular complexity index is 868. The van der Waals surface area contributed by atoms with Crippen LogP contribution in [0.15, 0.2) is 42.5 Å². The minimum absolute atomic E-state index is 0.114. The number of aliphatic hydroxyl groups is 4. The highest BCUT2D eigenvalue weighted by atomic mass is 32.2. The Labute approximate surface area is 179 Å². The first-order valence-corrected chi connectivity index (χ1v) is 10.7. The predicted octanol–water partition coefficient (Wildman–Crippen LogP) is 1.43. The lowest BCUT2D eigenvalue weighted by Crippen LogP contribution is -2.55. The zero-order valence-corrected chi connectivity index (χ0v) is 17.3. The molecule has 1 saturated heterocycles. The van der Waals surface area contributed by atoms with Crippen molar-refractivity contribution >= 4 is 17.7 Å². The number of benzene rings is 2. The van der Waals surface area contributed by atoms with E-state index in [1.165, 1.54) is 23.8 Å². The average Bonchev–Trinajstić information content (AvgIpc) is 2.75. The van der Waals surface area contributed by atoms with E-state index in [0.29, 0.717) is 17.7 Å². The Morgan fingerprint density at radius 3 is 2.27 bits per heavy atom. The van der Waals surface area contributed by atoms with Crippen LogP contribution in [0.1, 0.15) is 34.0 Å². The molecule has 3 rings (SSSR count). The molecule has 0 radical (unpaired) electrons. The van der Waals surface area contributed by atoms with Gasteiger partial charge in [0.15, 0.2) is 5.44 Å². The highest BCUT2D eigenvalue weighted by Gasteiger charge is 2.44. The Kier molecular flexibility index (Phi) is 7.38. The van der Waals surface area contributed by atoms with Crippen LogP contribution in [0.25, 0.3) is 0 Å². The molecule has 2 aromatic rings. The van der Waals surface area contributed by atoms with E-state index < -0.39 is 35.0 Å². The first kappa shape index (κ1) is 22.6. The average molecular weight is 435 g/mol. The molecule has 5 N–H and O–H groups in total. The summed E-state index contributed by atoms with van der Waals surface area (Å²) in [6, 6.07) is 12.4. The highest BCUT2D eigenvalue weighted by Crippen LogP contribution is 2.36. The fourth-order valence-electron chi connectivity index (χ4n) is 3.37. The summed E-state index contributed by atoms with van der Waals surface area (Å²) >= 11 is 1.03. The van der Waals surface area contributed by atoms with Crippen LogP contribution < -0.4 is 4.74 Å². The second-order valence-corrected chi connectivity index (χ2v) is 8.63. The topological polar surface area (TPSA) is 127 Å². The van der Waals surface area contributed by atoms with Crippen molar-refractivity contribution in [3.8, 4) is 5.75 Å². The molecule has 1 aliphatic heterocycles. The fourth-order valence-corrected chi connectivity index (χ4v) is 4.60. The molecule has 0 amide bonds. The second-order valence-electron chi connectivity index (χ2n) is 7.29. The van der Waals surface area contributed by atoms with Gasteiger partial charge >= 0.3 is 5.97 Å². The Morgan fingerprint density at radius 2 is 1.67 bits per heavy atom. The summed E-state index contributed by atoms with van der Waals surface area (Å²) in [5, 5.41) is 48.5. The van der Waals surface area contributed by atoms with Crippen LogP contribution in [-0.2, 0) is 12.8 Å². The maximum absolute atomic E-state index is 11.4. The zero-order valence-electron chi connectivity index (χ0n) is 16.5. The van der Waals surface area contributed by atoms with Gasteiger partial charge in [0.1, 0.15) is 18.0 Å². The molecular weight excluding hydrogens is 408 g/mol. The van der Waals surface area contributed by atoms with Gasteiger partial charge in [-0.05, 0) is 41.3 Å². The maximum Gasteiger partial charge on any atom is 0.335 e. The van der Waals surface area contributed by atoms with Gasteiger partial charge in [-0.1, -0.05) is 31.2 Å². The van der Waals surface area contributed by atoms with Crippen LogP contribution in [-0.4, -0.2) is 67.1 Å². The molecule has 0 bridgehead atoms. The molecule has 0 spiro atoms. The van der Waals surface area contributed by atoms with Crippen molar-refractivity contribution in [1.29, 1.82) is 0 Å². The molecule has 1 aliphatic rings. The molecule has 0 aliphatic carbocycles. The third-order valence-electron chi connectivity index (χ3n) is 5.22. The summed E-state index contributed by atoms with van der Waals surface area (Å²) in [4.78, 5) is 11.4. The van der Waals surface area contributed by atoms with Gasteiger partial charge in [0.25, 0.3) is 0 Å². The third kappa shape index (κ3) is 4.96. The maximum atomic E-state index is 11.4. The van der Waals surface area contributed by atoms with E-state index in [2.05, 4.69) is 6.92 Å². The van der Waals surface area contributed by atoms with E-state index in [0.717, 1.165) is 23.7 Å². The van der Waals surface area contributed by atoms with Gasteiger partial charge < -0.3 is 30.3 Å². The van der Waals surface area contributed by atoms with Crippen LogP contribution in [0, 0.1) is 0 Å². The second kappa shape index (κ2) is 9.80. The smallest absolute Gasteiger partial charge is 0.335 e. The van der Waals surface area contributed by atoms with Gasteiger partial charge in [-0.25, -0.2) is 4.79 Å². The number of carbonyl (C=O) groups is 1. The van der Waals surface area contributed by atoms with Crippen LogP contribution in [0.5, 0.6) is 5.75 Å². The van der Waals surface area contributed by atoms with E-state index in [4.69, 9.17) is 4.74 Å². The number of hydrogen-bond donors (Lipinski definition) is 5. The molecule has 1 fully saturated rings. The van der Waals surface area contributed by atoms with Crippen molar-refractivity contribution < 1.29 is 35.1 Å². The van der Waals surface area contributed by atoms with Crippen LogP contribution >= 0.6 is 11.8 Å². The number of thioether (sulfide) groups is 1. The van der Waals surface area contributed by atoms with E-state index in [9.17, 15) is 30.3 Å². The number of ether oxygens (including phenoxy) is 1. The van der Waals surface area contributed by atoms with Crippen LogP contribution in [0.2, 0.25) is 0 Å². The number of aromatic carboxylic acids is 1. The van der Waals surface area contributed by atoms with Crippen molar-refractivity contribution in [2.75, 3.05) is 6.61 Å². The quantitative estimate of drug-likeness (QED) is 0.443. The molecule has 0 aromatic heterocycles. The SMILES string of the molecule is CCc1ccc(Cc2cc(C(=O)O)ccc2O[C@@H]2S[C@H](CO)[C@@H](O)[C@H](O)[C@H]2O)cc1. The van der Waals surface area contributed by atoms with Gasteiger partial charge in [0.2, 0.25) is 0 Å². The number of carboxylic acids is 1. The number of rotatable bonds is 7. The predicted molar refractivity (Wildman–Crippen MR) is 113 cm³/mol. The summed E-state index contributed by atoms with van der Waals surface area (Å²) in [7, 11) is 0. The minimum atomic E-state index is -1.46. The first-order chi connectivity index (χ1) is 14.3. The molecule has 0 saturated carbocycles. The van der Waals surface area contributed by atoms with Crippen molar-refractivity contribution in [2.45, 2.75) is 48.8 Å². The zero-order chi connectivity index (χ0) is 21.8. The fraction of sp³-hybridized carbons (Fsp3) is 0.409. The van der Waals surface area contributed by atoms with Crippen LogP contribution in [0.3, 0.4) is 0 Å². The Morgan fingerprint density at radius 1 is 1.00 bits per heavy atom. The molecule has 5 atom stereocenters. The lowest BCUT2D eigenvalue weighted by atomic mass is 10.00. The molecule has 1 heterocycles. The number of aliphatic hydroxyl groups excluding tert-OH is 4. The Balaban J connectivity index is 1.88. The molecule has 30 heavy (non-hydrogen) atoms. The standard InChI is InChI=1S/C22H26O7S/c1-2-12-3-5-13(6-4-12)9-15-10-14(21(27)28)7-8-16(15)29-22-20(26)19(25)18(24)17(11-23)30-22/h3-8,10,17-20,22-26H,2,9,11H2,1H3,(H,27,28)/t17-,18-,19+,20-,22-/m1/s1. The van der Waals surface area contributed by atoms with Crippen molar-refractivity contribution in [3.63, 3.8) is 0 Å². The normalized spacial score (nSPS) is 26.4. The van der Waals surface area contributed by atoms with E-state index in [1.807, 2.05) is 24.3 Å². The van der Waals surface area contributed by atoms with Crippen molar-refractivity contribution in [3.05, 3.63) is 64.7 Å². The summed E-state index contributed by atoms with van der Waals surface area (Å²) in [6.07, 6.45) is -2.77. The lowest BCUT2D eigenvalue weighted by Gasteiger charge is -2.39. The number of carboxylic acid groups (broad SMARTS) is 1. The van der Waals surface area contributed by atoms with Gasteiger partial charge in [-0.3, -0.25) is 0 Å². The summed E-state index contributed by atoms with van der Waals surface area (Å²) in [5.41, 5.74) is 1.97. The van der Waals surface area contributed by atoms with E-state index in [-0.39, 0.29) is 12.2 Å². The largest absolute Gasteiger partial charge is 0.478 e. The monoisotopic (exact) mass is 434 g/mol. The molecule has 0 unspecified atom stereocenters. The van der Waals surface area contributed by atoms with E-state index in [1.54, 1.807) is 0 Å². The highest BCUT2D eigenvalue weighted by molar-refractivity contribution is 8.00. The summed E-state index contributed by atoms with van der Waals surface area (Å²) in [6.45, 7) is 1.68. The Hall–Kier alpha value is -2.10. The van der Waals surface area contributed by atoms with Gasteiger partial charge in [0.05, 0.1) is 23.5 Å². The van der Waals surface area contributed by atoms with Crippen molar-refractivity contribution in [1.82, 2.24) is 0 Å². The summed E-state index contributed by atoms with van der Waals surface area (Å²) in [5.74, 6) is -0.688. The molecule has 8 heteroatoms. The van der Waals surface area contributed by atoms with E-state index >= 15 is 0 Å². The van der Waals surface area contributed by atoms with Gasteiger partial charge in [-0.15, -0.1) is 11.8 Å². The van der Waals surface area contributed by atoms with Crippen LogP contribution in [0.4, 0.5) is 0 Å².